The van der Waals surface area contributed by atoms with Crippen molar-refractivity contribution >= 4 is 0 Å². The standard InChI is InChI=1S/C6H8FNO2/c1-9-4-10-6-3-8-2-5(6)7/h2-3,8H,4H2,1H3. The van der Waals surface area contributed by atoms with Crippen LogP contribution < -0.4 is 4.74 Å². The molecule has 1 N–H and O–H groups in total. The SMILES string of the molecule is COCOc1c[nH]cc1F. The van der Waals surface area contributed by atoms with E-state index >= 15 is 0 Å². The lowest BCUT2D eigenvalue weighted by Crippen LogP contribution is -1.98. The highest BCUT2D eigenvalue weighted by Crippen LogP contribution is 2.13. The zero-order chi connectivity index (χ0) is 7.40. The van der Waals surface area contributed by atoms with E-state index in [1.54, 1.807) is 0 Å². The second kappa shape index (κ2) is 3.22. The van der Waals surface area contributed by atoms with Crippen LogP contribution in [0.25, 0.3) is 0 Å². The summed E-state index contributed by atoms with van der Waals surface area (Å²) in [7, 11) is 1.48. The van der Waals surface area contributed by atoms with Crippen molar-refractivity contribution in [2.24, 2.45) is 0 Å². The third-order valence-corrected chi connectivity index (χ3v) is 0.992. The molecule has 56 valence electrons. The van der Waals surface area contributed by atoms with Crippen LogP contribution in [0.4, 0.5) is 4.39 Å². The molecular weight excluding hydrogens is 137 g/mol. The maximum Gasteiger partial charge on any atom is 0.188 e. The third kappa shape index (κ3) is 1.48. The van der Waals surface area contributed by atoms with E-state index in [4.69, 9.17) is 4.74 Å². The zero-order valence-electron chi connectivity index (χ0n) is 5.56. The molecule has 0 fully saturated rings. The summed E-state index contributed by atoms with van der Waals surface area (Å²) in [5, 5.41) is 0. The van der Waals surface area contributed by atoms with Gasteiger partial charge in [-0.3, -0.25) is 0 Å². The van der Waals surface area contributed by atoms with Crippen LogP contribution in [-0.4, -0.2) is 18.9 Å². The Kier molecular flexibility index (Phi) is 2.28. The molecule has 0 aliphatic heterocycles. The molecule has 0 saturated heterocycles. The highest BCUT2D eigenvalue weighted by molar-refractivity contribution is 5.18. The first kappa shape index (κ1) is 7.08. The number of aromatic nitrogens is 1. The summed E-state index contributed by atoms with van der Waals surface area (Å²) in [5.74, 6) is -0.223. The largest absolute Gasteiger partial charge is 0.463 e. The number of methoxy groups -OCH3 is 1. The van der Waals surface area contributed by atoms with Crippen LogP contribution in [0.3, 0.4) is 0 Å². The van der Waals surface area contributed by atoms with Gasteiger partial charge in [0.2, 0.25) is 0 Å². The second-order valence-electron chi connectivity index (χ2n) is 1.72. The fourth-order valence-electron chi connectivity index (χ4n) is 0.564. The van der Waals surface area contributed by atoms with Crippen molar-refractivity contribution in [2.75, 3.05) is 13.9 Å². The van der Waals surface area contributed by atoms with Gasteiger partial charge in [-0.15, -0.1) is 0 Å². The molecule has 0 unspecified atom stereocenters. The highest BCUT2D eigenvalue weighted by atomic mass is 19.1. The molecule has 1 rings (SSSR count). The average Bonchev–Trinajstić information content (AvgIpc) is 2.31. The number of hydrogen-bond acceptors (Lipinski definition) is 2. The van der Waals surface area contributed by atoms with E-state index in [0.717, 1.165) is 0 Å². The Morgan fingerprint density at radius 2 is 2.40 bits per heavy atom. The van der Waals surface area contributed by atoms with Crippen LogP contribution in [0, 0.1) is 5.82 Å². The summed E-state index contributed by atoms with van der Waals surface area (Å²) in [4.78, 5) is 2.55. The van der Waals surface area contributed by atoms with Crippen LogP contribution in [0.2, 0.25) is 0 Å². The molecule has 1 aromatic rings. The lowest BCUT2D eigenvalue weighted by atomic mass is 10.6. The van der Waals surface area contributed by atoms with Crippen molar-refractivity contribution in [3.05, 3.63) is 18.2 Å². The molecule has 1 heterocycles. The summed E-state index contributed by atoms with van der Waals surface area (Å²) in [6, 6.07) is 0. The number of halogens is 1. The number of hydrogen-bond donors (Lipinski definition) is 1. The molecule has 0 amide bonds. The third-order valence-electron chi connectivity index (χ3n) is 0.992. The fraction of sp³-hybridized carbons (Fsp3) is 0.333. The molecule has 0 radical (unpaired) electrons. The maximum absolute atomic E-state index is 12.5. The van der Waals surface area contributed by atoms with E-state index in [0.29, 0.717) is 0 Å². The normalized spacial score (nSPS) is 9.80. The van der Waals surface area contributed by atoms with E-state index in [2.05, 4.69) is 9.72 Å². The van der Waals surface area contributed by atoms with Crippen LogP contribution in [0.15, 0.2) is 12.4 Å². The second-order valence-corrected chi connectivity index (χ2v) is 1.72. The predicted octanol–water partition coefficient (Wildman–Crippen LogP) is 1.14. The van der Waals surface area contributed by atoms with Crippen molar-refractivity contribution in [1.29, 1.82) is 0 Å². The molecule has 0 atom stereocenters. The summed E-state index contributed by atoms with van der Waals surface area (Å²) in [6.07, 6.45) is 2.64. The Hall–Kier alpha value is -1.03. The number of H-pyrrole nitrogens is 1. The van der Waals surface area contributed by atoms with Crippen molar-refractivity contribution in [2.45, 2.75) is 0 Å². The predicted molar refractivity (Wildman–Crippen MR) is 33.3 cm³/mol. The first-order valence-electron chi connectivity index (χ1n) is 2.78. The topological polar surface area (TPSA) is 34.2 Å². The minimum Gasteiger partial charge on any atom is -0.463 e. The molecule has 0 aliphatic rings. The molecule has 10 heavy (non-hydrogen) atoms. The van der Waals surface area contributed by atoms with Crippen LogP contribution in [-0.2, 0) is 4.74 Å². The Morgan fingerprint density at radius 1 is 1.60 bits per heavy atom. The van der Waals surface area contributed by atoms with Gasteiger partial charge in [0.1, 0.15) is 0 Å². The molecule has 1 aromatic heterocycles. The number of ether oxygens (including phenoxy) is 2. The van der Waals surface area contributed by atoms with E-state index in [-0.39, 0.29) is 12.5 Å². The van der Waals surface area contributed by atoms with Crippen molar-refractivity contribution in [3.63, 3.8) is 0 Å². The number of aromatic amines is 1. The molecule has 0 aliphatic carbocycles. The van der Waals surface area contributed by atoms with E-state index in [1.807, 2.05) is 0 Å². The first-order chi connectivity index (χ1) is 4.84. The molecule has 0 aromatic carbocycles. The first-order valence-corrected chi connectivity index (χ1v) is 2.78. The number of nitrogens with one attached hydrogen (secondary N) is 1. The molecular formula is C6H8FNO2. The van der Waals surface area contributed by atoms with E-state index < -0.39 is 5.82 Å². The lowest BCUT2D eigenvalue weighted by Gasteiger charge is -1.99. The zero-order valence-corrected chi connectivity index (χ0v) is 5.56. The summed E-state index contributed by atoms with van der Waals surface area (Å²) >= 11 is 0. The van der Waals surface area contributed by atoms with Gasteiger partial charge in [0, 0.05) is 19.5 Å². The smallest absolute Gasteiger partial charge is 0.188 e. The fourth-order valence-corrected chi connectivity index (χ4v) is 0.564. The average molecular weight is 145 g/mol. The Morgan fingerprint density at radius 3 is 2.90 bits per heavy atom. The summed E-state index contributed by atoms with van der Waals surface area (Å²) < 4.78 is 21.8. The summed E-state index contributed by atoms with van der Waals surface area (Å²) in [6.45, 7) is 0.0643. The highest BCUT2D eigenvalue weighted by Gasteiger charge is 2.01. The van der Waals surface area contributed by atoms with Gasteiger partial charge < -0.3 is 14.5 Å². The Bertz CT molecular complexity index is 199. The Balaban J connectivity index is 2.49. The summed E-state index contributed by atoms with van der Waals surface area (Å²) in [5.41, 5.74) is 0. The number of rotatable bonds is 3. The van der Waals surface area contributed by atoms with Crippen LogP contribution in [0.1, 0.15) is 0 Å². The van der Waals surface area contributed by atoms with Gasteiger partial charge in [-0.1, -0.05) is 0 Å². The van der Waals surface area contributed by atoms with Crippen molar-refractivity contribution < 1.29 is 13.9 Å². The van der Waals surface area contributed by atoms with Gasteiger partial charge in [-0.2, -0.15) is 0 Å². The molecule has 3 nitrogen and oxygen atoms in total. The van der Waals surface area contributed by atoms with Crippen LogP contribution in [0.5, 0.6) is 5.75 Å². The van der Waals surface area contributed by atoms with E-state index in [9.17, 15) is 4.39 Å². The molecule has 4 heteroatoms. The quantitative estimate of drug-likeness (QED) is 0.647. The van der Waals surface area contributed by atoms with Gasteiger partial charge in [0.25, 0.3) is 0 Å². The molecule has 0 bridgehead atoms. The Labute approximate surface area is 57.8 Å². The van der Waals surface area contributed by atoms with Crippen molar-refractivity contribution in [1.82, 2.24) is 4.98 Å². The minimum atomic E-state index is -0.406. The van der Waals surface area contributed by atoms with Gasteiger partial charge in [0.05, 0.1) is 0 Å². The molecule has 0 saturated carbocycles. The monoisotopic (exact) mass is 145 g/mol. The van der Waals surface area contributed by atoms with Crippen LogP contribution >= 0.6 is 0 Å². The van der Waals surface area contributed by atoms with Gasteiger partial charge in [-0.25, -0.2) is 4.39 Å². The van der Waals surface area contributed by atoms with E-state index in [1.165, 1.54) is 19.5 Å². The van der Waals surface area contributed by atoms with Gasteiger partial charge >= 0.3 is 0 Å². The lowest BCUT2D eigenvalue weighted by molar-refractivity contribution is 0.0486. The van der Waals surface area contributed by atoms with Crippen molar-refractivity contribution in [3.8, 4) is 5.75 Å². The maximum atomic E-state index is 12.5. The van der Waals surface area contributed by atoms with Gasteiger partial charge in [0.15, 0.2) is 18.4 Å². The minimum absolute atomic E-state index is 0.0643. The molecule has 0 spiro atoms. The van der Waals surface area contributed by atoms with Gasteiger partial charge in [-0.05, 0) is 0 Å².